The summed E-state index contributed by atoms with van der Waals surface area (Å²) >= 11 is 0. The van der Waals surface area contributed by atoms with Crippen LogP contribution in [0.15, 0.2) is 108 Å². The lowest BCUT2D eigenvalue weighted by Gasteiger charge is -2.09. The monoisotopic (exact) mass is 527 g/mol. The first-order valence-electron chi connectivity index (χ1n) is 12.9. The van der Waals surface area contributed by atoms with Crippen LogP contribution in [0.1, 0.15) is 56.2 Å². The van der Waals surface area contributed by atoms with Crippen LogP contribution in [0.2, 0.25) is 0 Å². The molecule has 0 aliphatic carbocycles. The first-order chi connectivity index (χ1) is 19.4. The Balaban J connectivity index is 1.39. The van der Waals surface area contributed by atoms with E-state index in [1.165, 1.54) is 6.92 Å². The van der Waals surface area contributed by atoms with E-state index in [-0.39, 0.29) is 17.3 Å². The molecule has 2 heterocycles. The Labute approximate surface area is 230 Å². The van der Waals surface area contributed by atoms with Crippen LogP contribution in [0.5, 0.6) is 5.75 Å². The maximum absolute atomic E-state index is 13.5. The Morgan fingerprint density at radius 2 is 1.25 bits per heavy atom. The minimum absolute atomic E-state index is 0.000134. The second kappa shape index (κ2) is 10.2. The summed E-state index contributed by atoms with van der Waals surface area (Å²) in [4.78, 5) is 37.5. The maximum Gasteiger partial charge on any atom is 0.193 e. The molecule has 196 valence electrons. The van der Waals surface area contributed by atoms with E-state index in [0.29, 0.717) is 34.6 Å². The number of ether oxygens (including phenoxy) is 1. The molecule has 0 N–H and O–H groups in total. The second-order valence-electron chi connectivity index (χ2n) is 9.68. The minimum atomic E-state index is -0.117. The molecule has 0 atom stereocenters. The van der Waals surface area contributed by atoms with E-state index in [1.807, 2.05) is 54.6 Å². The number of rotatable bonds is 8. The summed E-state index contributed by atoms with van der Waals surface area (Å²) in [5.74, 6) is 1.21. The van der Waals surface area contributed by atoms with Crippen molar-refractivity contribution in [3.8, 4) is 11.4 Å². The number of hydrogen-bond donors (Lipinski definition) is 0. The third kappa shape index (κ3) is 4.60. The number of Topliss-reactive ketones (excluding diaryl/α,β-unsaturated/α-hetero) is 2. The van der Waals surface area contributed by atoms with Crippen LogP contribution in [0, 0.1) is 0 Å². The largest absolute Gasteiger partial charge is 0.486 e. The van der Waals surface area contributed by atoms with E-state index in [1.54, 1.807) is 55.7 Å². The number of nitrogens with zero attached hydrogens (tertiary/aromatic N) is 1. The Morgan fingerprint density at radius 1 is 0.675 bits per heavy atom. The van der Waals surface area contributed by atoms with Crippen molar-refractivity contribution in [2.45, 2.75) is 20.5 Å². The number of carbonyl (C=O) groups excluding carboxylic acids is 3. The Morgan fingerprint density at radius 3 is 1.85 bits per heavy atom. The Bertz CT molecular complexity index is 1890. The number of aromatic nitrogens is 1. The van der Waals surface area contributed by atoms with E-state index in [4.69, 9.17) is 9.15 Å². The molecule has 4 aromatic carbocycles. The molecule has 0 fully saturated rings. The summed E-state index contributed by atoms with van der Waals surface area (Å²) in [7, 11) is 0. The lowest BCUT2D eigenvalue weighted by molar-refractivity contribution is 0.100. The van der Waals surface area contributed by atoms with Crippen molar-refractivity contribution >= 4 is 39.2 Å². The van der Waals surface area contributed by atoms with Gasteiger partial charge in [-0.15, -0.1) is 0 Å². The zero-order valence-corrected chi connectivity index (χ0v) is 22.0. The molecule has 0 radical (unpaired) electrons. The Kier molecular flexibility index (Phi) is 6.36. The zero-order chi connectivity index (χ0) is 27.8. The minimum Gasteiger partial charge on any atom is -0.486 e. The van der Waals surface area contributed by atoms with Gasteiger partial charge in [-0.05, 0) is 111 Å². The van der Waals surface area contributed by atoms with Gasteiger partial charge in [-0.1, -0.05) is 0 Å². The van der Waals surface area contributed by atoms with E-state index in [2.05, 4.69) is 4.57 Å². The molecule has 6 aromatic rings. The lowest BCUT2D eigenvalue weighted by Crippen LogP contribution is -2.02. The number of ketones is 3. The summed E-state index contributed by atoms with van der Waals surface area (Å²) < 4.78 is 13.1. The van der Waals surface area contributed by atoms with Crippen LogP contribution in [0.25, 0.3) is 27.5 Å². The number of furan rings is 1. The van der Waals surface area contributed by atoms with Crippen molar-refractivity contribution in [3.63, 3.8) is 0 Å². The molecular formula is C34H25NO5. The van der Waals surface area contributed by atoms with Crippen LogP contribution in [0.3, 0.4) is 0 Å². The highest BCUT2D eigenvalue weighted by atomic mass is 16.5. The van der Waals surface area contributed by atoms with Gasteiger partial charge in [0.05, 0.1) is 17.3 Å². The van der Waals surface area contributed by atoms with Gasteiger partial charge >= 0.3 is 0 Å². The highest BCUT2D eigenvalue weighted by Gasteiger charge is 2.17. The van der Waals surface area contributed by atoms with E-state index < -0.39 is 0 Å². The first-order valence-corrected chi connectivity index (χ1v) is 12.9. The predicted octanol–water partition coefficient (Wildman–Crippen LogP) is 7.59. The molecule has 6 rings (SSSR count). The van der Waals surface area contributed by atoms with Gasteiger partial charge in [0.25, 0.3) is 0 Å². The van der Waals surface area contributed by atoms with Crippen molar-refractivity contribution in [2.75, 3.05) is 0 Å². The van der Waals surface area contributed by atoms with Gasteiger partial charge in [0.15, 0.2) is 17.3 Å². The van der Waals surface area contributed by atoms with Crippen molar-refractivity contribution in [1.29, 1.82) is 0 Å². The average molecular weight is 528 g/mol. The molecule has 6 nitrogen and oxygen atoms in total. The predicted molar refractivity (Wildman–Crippen MR) is 154 cm³/mol. The normalized spacial score (nSPS) is 11.2. The number of fused-ring (bicyclic) bond motifs is 3. The molecule has 2 aromatic heterocycles. The lowest BCUT2D eigenvalue weighted by atomic mass is 10.0. The Hall–Kier alpha value is -5.23. The van der Waals surface area contributed by atoms with Crippen molar-refractivity contribution < 1.29 is 23.5 Å². The van der Waals surface area contributed by atoms with Crippen LogP contribution >= 0.6 is 0 Å². The SMILES string of the molecule is CC(=O)c1ccc(-n2c3ccc(C(C)=O)cc3c3cc(C(=O)c4ccc(OCc5ccco5)cc4)ccc32)cc1. The summed E-state index contributed by atoms with van der Waals surface area (Å²) in [5.41, 5.74) is 4.98. The third-order valence-corrected chi connectivity index (χ3v) is 7.04. The van der Waals surface area contributed by atoms with Gasteiger partial charge in [-0.3, -0.25) is 14.4 Å². The molecule has 0 aliphatic heterocycles. The third-order valence-electron chi connectivity index (χ3n) is 7.04. The number of carbonyl (C=O) groups is 3. The molecule has 40 heavy (non-hydrogen) atoms. The van der Waals surface area contributed by atoms with Crippen molar-refractivity contribution in [3.05, 3.63) is 131 Å². The molecule has 0 aliphatic rings. The summed E-state index contributed by atoms with van der Waals surface area (Å²) in [5, 5.41) is 1.73. The molecule has 6 heteroatoms. The molecule has 0 saturated carbocycles. The van der Waals surface area contributed by atoms with E-state index in [0.717, 1.165) is 33.3 Å². The highest BCUT2D eigenvalue weighted by molar-refractivity contribution is 6.16. The highest BCUT2D eigenvalue weighted by Crippen LogP contribution is 2.34. The van der Waals surface area contributed by atoms with E-state index in [9.17, 15) is 14.4 Å². The zero-order valence-electron chi connectivity index (χ0n) is 22.0. The molecule has 0 amide bonds. The standard InChI is InChI=1S/C34H25NO5/c1-21(36)23-5-11-27(12-6-23)35-32-15-9-25(22(2)37)18-30(32)31-19-26(10-16-33(31)35)34(38)24-7-13-28(14-8-24)40-20-29-4-3-17-39-29/h3-19H,20H2,1-2H3. The van der Waals surface area contributed by atoms with Crippen LogP contribution < -0.4 is 4.74 Å². The van der Waals surface area contributed by atoms with Gasteiger partial charge in [-0.2, -0.15) is 0 Å². The molecule has 0 unspecified atom stereocenters. The summed E-state index contributed by atoms with van der Waals surface area (Å²) in [6.07, 6.45) is 1.60. The van der Waals surface area contributed by atoms with Crippen LogP contribution in [-0.4, -0.2) is 21.9 Å². The van der Waals surface area contributed by atoms with Gasteiger partial charge in [0, 0.05) is 38.7 Å². The second-order valence-corrected chi connectivity index (χ2v) is 9.68. The van der Waals surface area contributed by atoms with Crippen molar-refractivity contribution in [1.82, 2.24) is 4.57 Å². The van der Waals surface area contributed by atoms with E-state index >= 15 is 0 Å². The van der Waals surface area contributed by atoms with Crippen LogP contribution in [-0.2, 0) is 6.61 Å². The molecular weight excluding hydrogens is 502 g/mol. The van der Waals surface area contributed by atoms with Gasteiger partial charge < -0.3 is 13.7 Å². The maximum atomic E-state index is 13.5. The average Bonchev–Trinajstić information content (AvgIpc) is 3.61. The molecule has 0 saturated heterocycles. The quantitative estimate of drug-likeness (QED) is 0.191. The van der Waals surface area contributed by atoms with Gasteiger partial charge in [-0.25, -0.2) is 0 Å². The summed E-state index contributed by atoms with van der Waals surface area (Å²) in [6, 6.07) is 29.3. The van der Waals surface area contributed by atoms with Gasteiger partial charge in [0.2, 0.25) is 0 Å². The van der Waals surface area contributed by atoms with Crippen LogP contribution in [0.4, 0.5) is 0 Å². The fraction of sp³-hybridized carbons (Fsp3) is 0.0882. The smallest absolute Gasteiger partial charge is 0.193 e. The van der Waals surface area contributed by atoms with Gasteiger partial charge in [0.1, 0.15) is 18.1 Å². The molecule has 0 spiro atoms. The summed E-state index contributed by atoms with van der Waals surface area (Å²) in [6.45, 7) is 3.39. The fourth-order valence-corrected chi connectivity index (χ4v) is 4.93. The number of hydrogen-bond acceptors (Lipinski definition) is 5. The topological polar surface area (TPSA) is 78.5 Å². The fourth-order valence-electron chi connectivity index (χ4n) is 4.93. The first kappa shape index (κ1) is 25.1. The number of benzene rings is 4. The van der Waals surface area contributed by atoms with Crippen molar-refractivity contribution in [2.24, 2.45) is 0 Å². The molecule has 0 bridgehead atoms.